The van der Waals surface area contributed by atoms with E-state index in [1.54, 1.807) is 30.3 Å². The van der Waals surface area contributed by atoms with Gasteiger partial charge in [-0.2, -0.15) is 0 Å². The van der Waals surface area contributed by atoms with Crippen LogP contribution in [-0.2, 0) is 16.2 Å². The van der Waals surface area contributed by atoms with Gasteiger partial charge in [-0.1, -0.05) is 66.2 Å². The first-order chi connectivity index (χ1) is 16.4. The Bertz CT molecular complexity index is 1280. The lowest BCUT2D eigenvalue weighted by molar-refractivity contribution is -0.127. The lowest BCUT2D eigenvalue weighted by atomic mass is 10.1. The Hall–Kier alpha value is -3.55. The number of aryl methyl sites for hydroxylation is 1. The quantitative estimate of drug-likeness (QED) is 0.415. The third kappa shape index (κ3) is 5.68. The molecule has 0 aromatic heterocycles. The molecule has 0 saturated carbocycles. The van der Waals surface area contributed by atoms with Gasteiger partial charge in [-0.3, -0.25) is 19.3 Å². The first-order valence-corrected chi connectivity index (χ1v) is 11.7. The number of ether oxygens (including phenoxy) is 1. The number of carbonyl (C=O) groups excluding carboxylic acids is 3. The van der Waals surface area contributed by atoms with E-state index in [-0.39, 0.29) is 11.4 Å². The summed E-state index contributed by atoms with van der Waals surface area (Å²) in [6, 6.07) is 22.1. The molecule has 34 heavy (non-hydrogen) atoms. The SMILES string of the molecule is Cc1ccc(NC(=O)CN2C(=O)S/C(=C/c3ccccc3OCc3ccccc3)C2=O)cc1Cl. The molecule has 172 valence electrons. The fraction of sp³-hybridized carbons (Fsp3) is 0.115. The summed E-state index contributed by atoms with van der Waals surface area (Å²) in [5, 5.41) is 2.68. The van der Waals surface area contributed by atoms with E-state index in [2.05, 4.69) is 5.32 Å². The van der Waals surface area contributed by atoms with E-state index in [0.29, 0.717) is 28.6 Å². The van der Waals surface area contributed by atoms with Crippen molar-refractivity contribution in [2.75, 3.05) is 11.9 Å². The molecule has 0 spiro atoms. The molecule has 6 nitrogen and oxygen atoms in total. The molecule has 1 fully saturated rings. The number of halogens is 1. The van der Waals surface area contributed by atoms with E-state index >= 15 is 0 Å². The maximum atomic E-state index is 12.9. The van der Waals surface area contributed by atoms with Crippen LogP contribution in [0.5, 0.6) is 5.75 Å². The summed E-state index contributed by atoms with van der Waals surface area (Å²) in [5.74, 6) is -0.424. The summed E-state index contributed by atoms with van der Waals surface area (Å²) in [7, 11) is 0. The van der Waals surface area contributed by atoms with Crippen molar-refractivity contribution in [3.05, 3.63) is 99.4 Å². The number of hydrogen-bond acceptors (Lipinski definition) is 5. The van der Waals surface area contributed by atoms with Crippen molar-refractivity contribution in [3.63, 3.8) is 0 Å². The Morgan fingerprint density at radius 3 is 2.56 bits per heavy atom. The molecule has 1 N–H and O–H groups in total. The maximum Gasteiger partial charge on any atom is 0.294 e. The molecule has 1 saturated heterocycles. The summed E-state index contributed by atoms with van der Waals surface area (Å²) in [5.41, 5.74) is 3.05. The zero-order valence-corrected chi connectivity index (χ0v) is 19.9. The van der Waals surface area contributed by atoms with Crippen molar-refractivity contribution < 1.29 is 19.1 Å². The monoisotopic (exact) mass is 492 g/mol. The van der Waals surface area contributed by atoms with E-state index in [9.17, 15) is 14.4 Å². The minimum atomic E-state index is -0.523. The molecule has 0 atom stereocenters. The molecule has 1 aliphatic heterocycles. The highest BCUT2D eigenvalue weighted by atomic mass is 35.5. The average Bonchev–Trinajstić information content (AvgIpc) is 3.09. The van der Waals surface area contributed by atoms with Gasteiger partial charge in [0.15, 0.2) is 0 Å². The molecular formula is C26H21ClN2O4S. The van der Waals surface area contributed by atoms with Crippen molar-refractivity contribution in [1.29, 1.82) is 0 Å². The Labute approximate surface area is 206 Å². The fourth-order valence-corrected chi connectivity index (χ4v) is 4.27. The summed E-state index contributed by atoms with van der Waals surface area (Å²) in [6.07, 6.45) is 1.61. The van der Waals surface area contributed by atoms with Gasteiger partial charge in [-0.25, -0.2) is 0 Å². The molecule has 0 bridgehead atoms. The highest BCUT2D eigenvalue weighted by Gasteiger charge is 2.36. The molecule has 1 aliphatic rings. The zero-order valence-electron chi connectivity index (χ0n) is 18.3. The van der Waals surface area contributed by atoms with Gasteiger partial charge in [0, 0.05) is 16.3 Å². The lowest BCUT2D eigenvalue weighted by Crippen LogP contribution is -2.36. The van der Waals surface area contributed by atoms with Crippen molar-refractivity contribution in [2.45, 2.75) is 13.5 Å². The molecule has 4 rings (SSSR count). The zero-order chi connectivity index (χ0) is 24.1. The largest absolute Gasteiger partial charge is 0.488 e. The predicted molar refractivity (Wildman–Crippen MR) is 135 cm³/mol. The van der Waals surface area contributed by atoms with Crippen LogP contribution in [-0.4, -0.2) is 28.5 Å². The van der Waals surface area contributed by atoms with Crippen LogP contribution >= 0.6 is 23.4 Å². The number of para-hydroxylation sites is 1. The van der Waals surface area contributed by atoms with Crippen molar-refractivity contribution in [2.24, 2.45) is 0 Å². The highest BCUT2D eigenvalue weighted by Crippen LogP contribution is 2.34. The van der Waals surface area contributed by atoms with Crippen LogP contribution in [0.3, 0.4) is 0 Å². The first kappa shape index (κ1) is 23.6. The van der Waals surface area contributed by atoms with Gasteiger partial charge in [0.25, 0.3) is 11.1 Å². The van der Waals surface area contributed by atoms with Crippen LogP contribution < -0.4 is 10.1 Å². The summed E-state index contributed by atoms with van der Waals surface area (Å²) >= 11 is 6.88. The number of amides is 3. The number of nitrogens with zero attached hydrogens (tertiary/aromatic N) is 1. The van der Waals surface area contributed by atoms with Gasteiger partial charge in [-0.05, 0) is 54.1 Å². The van der Waals surface area contributed by atoms with Crippen molar-refractivity contribution in [1.82, 2.24) is 4.90 Å². The van der Waals surface area contributed by atoms with Crippen LogP contribution in [0.1, 0.15) is 16.7 Å². The molecular weight excluding hydrogens is 472 g/mol. The molecule has 0 unspecified atom stereocenters. The van der Waals surface area contributed by atoms with Gasteiger partial charge >= 0.3 is 0 Å². The second-order valence-corrected chi connectivity index (χ2v) is 8.99. The molecule has 3 aromatic rings. The second kappa shape index (κ2) is 10.6. The van der Waals surface area contributed by atoms with E-state index in [1.807, 2.05) is 55.5 Å². The Morgan fingerprint density at radius 2 is 1.79 bits per heavy atom. The van der Waals surface area contributed by atoms with Crippen molar-refractivity contribution in [3.8, 4) is 5.75 Å². The average molecular weight is 493 g/mol. The molecule has 1 heterocycles. The molecule has 3 aromatic carbocycles. The third-order valence-corrected chi connectivity index (χ3v) is 6.39. The van der Waals surface area contributed by atoms with Crippen LogP contribution in [0, 0.1) is 6.92 Å². The summed E-state index contributed by atoms with van der Waals surface area (Å²) < 4.78 is 5.93. The number of nitrogens with one attached hydrogen (secondary N) is 1. The number of benzene rings is 3. The number of hydrogen-bond donors (Lipinski definition) is 1. The van der Waals surface area contributed by atoms with Crippen LogP contribution in [0.2, 0.25) is 5.02 Å². The van der Waals surface area contributed by atoms with E-state index in [1.165, 1.54) is 0 Å². The minimum Gasteiger partial charge on any atom is -0.488 e. The Balaban J connectivity index is 1.44. The number of carbonyl (C=O) groups is 3. The van der Waals surface area contributed by atoms with Gasteiger partial charge in [-0.15, -0.1) is 0 Å². The number of anilines is 1. The molecule has 8 heteroatoms. The molecule has 0 aliphatic carbocycles. The maximum absolute atomic E-state index is 12.9. The Kier molecular flexibility index (Phi) is 7.35. The van der Waals surface area contributed by atoms with E-state index in [0.717, 1.165) is 27.8 Å². The standard InChI is InChI=1S/C26H21ClN2O4S/c1-17-11-12-20(14-21(17)27)28-24(30)15-29-25(31)23(34-26(29)32)13-19-9-5-6-10-22(19)33-16-18-7-3-2-4-8-18/h2-14H,15-16H2,1H3,(H,28,30)/b23-13+. The number of imide groups is 1. The van der Waals surface area contributed by atoms with Gasteiger partial charge in [0.2, 0.25) is 5.91 Å². The van der Waals surface area contributed by atoms with Crippen LogP contribution in [0.4, 0.5) is 10.5 Å². The van der Waals surface area contributed by atoms with Gasteiger partial charge in [0.1, 0.15) is 18.9 Å². The normalized spacial score (nSPS) is 14.5. The summed E-state index contributed by atoms with van der Waals surface area (Å²) in [4.78, 5) is 38.9. The predicted octanol–water partition coefficient (Wildman–Crippen LogP) is 5.90. The van der Waals surface area contributed by atoms with E-state index < -0.39 is 17.1 Å². The smallest absolute Gasteiger partial charge is 0.294 e. The molecule has 3 amide bonds. The highest BCUT2D eigenvalue weighted by molar-refractivity contribution is 8.18. The van der Waals surface area contributed by atoms with Crippen LogP contribution in [0.25, 0.3) is 6.08 Å². The summed E-state index contributed by atoms with van der Waals surface area (Å²) in [6.45, 7) is 1.83. The van der Waals surface area contributed by atoms with Gasteiger partial charge in [0.05, 0.1) is 4.91 Å². The number of thioether (sulfide) groups is 1. The van der Waals surface area contributed by atoms with Gasteiger partial charge < -0.3 is 10.1 Å². The number of rotatable bonds is 7. The first-order valence-electron chi connectivity index (χ1n) is 10.5. The van der Waals surface area contributed by atoms with E-state index in [4.69, 9.17) is 16.3 Å². The van der Waals surface area contributed by atoms with Crippen LogP contribution in [0.15, 0.2) is 77.7 Å². The molecule has 0 radical (unpaired) electrons. The Morgan fingerprint density at radius 1 is 1.06 bits per heavy atom. The lowest BCUT2D eigenvalue weighted by Gasteiger charge is -2.13. The minimum absolute atomic E-state index is 0.229. The topological polar surface area (TPSA) is 75.7 Å². The van der Waals surface area contributed by atoms with Crippen molar-refractivity contribution >= 4 is 52.2 Å². The third-order valence-electron chi connectivity index (χ3n) is 5.07. The fourth-order valence-electron chi connectivity index (χ4n) is 3.26. The second-order valence-electron chi connectivity index (χ2n) is 7.59.